The molecule has 0 radical (unpaired) electrons. The van der Waals surface area contributed by atoms with E-state index in [4.69, 9.17) is 4.74 Å². The lowest BCUT2D eigenvalue weighted by Gasteiger charge is -2.33. The summed E-state index contributed by atoms with van der Waals surface area (Å²) in [5.41, 5.74) is 2.85. The number of benzene rings is 1. The Balaban J connectivity index is 1.93. The minimum absolute atomic E-state index is 0.0692. The third-order valence-electron chi connectivity index (χ3n) is 6.13. The van der Waals surface area contributed by atoms with Gasteiger partial charge in [0.05, 0.1) is 18.1 Å². The maximum atomic E-state index is 13.2. The van der Waals surface area contributed by atoms with Crippen molar-refractivity contribution >= 4 is 28.2 Å². The summed E-state index contributed by atoms with van der Waals surface area (Å²) in [4.78, 5) is 27.2. The van der Waals surface area contributed by atoms with Gasteiger partial charge >= 0.3 is 5.97 Å². The zero-order valence-electron chi connectivity index (χ0n) is 18.7. The maximum Gasteiger partial charge on any atom is 0.341 e. The number of carbonyl (C=O) groups excluding carboxylic acids is 2. The molecule has 0 saturated heterocycles. The first-order chi connectivity index (χ1) is 14.3. The summed E-state index contributed by atoms with van der Waals surface area (Å²) < 4.78 is 5.36. The first-order valence-corrected chi connectivity index (χ1v) is 11.7. The summed E-state index contributed by atoms with van der Waals surface area (Å²) in [5.74, 6) is -0.0786. The van der Waals surface area contributed by atoms with Crippen LogP contribution in [0.4, 0.5) is 5.00 Å². The molecule has 1 aliphatic rings. The summed E-state index contributed by atoms with van der Waals surface area (Å²) in [6, 6.07) is 9.81. The molecule has 0 aliphatic heterocycles. The second kappa shape index (κ2) is 9.34. The Morgan fingerprint density at radius 3 is 2.50 bits per heavy atom. The number of thiophene rings is 1. The molecular weight excluding hydrogens is 394 g/mol. The van der Waals surface area contributed by atoms with Crippen molar-refractivity contribution in [3.8, 4) is 0 Å². The number of fused-ring (bicyclic) bond motifs is 1. The number of hydrogen-bond acceptors (Lipinski definition) is 4. The number of amides is 1. The van der Waals surface area contributed by atoms with Gasteiger partial charge in [-0.2, -0.15) is 0 Å². The van der Waals surface area contributed by atoms with Crippen LogP contribution in [0.2, 0.25) is 0 Å². The Bertz CT molecular complexity index is 895. The number of hydrogen-bond donors (Lipinski definition) is 1. The van der Waals surface area contributed by atoms with Crippen LogP contribution >= 0.6 is 11.3 Å². The topological polar surface area (TPSA) is 55.4 Å². The van der Waals surface area contributed by atoms with Gasteiger partial charge in [-0.3, -0.25) is 4.79 Å². The summed E-state index contributed by atoms with van der Waals surface area (Å²) in [6.07, 6.45) is 3.55. The fraction of sp³-hybridized carbons (Fsp3) is 0.520. The SMILES string of the molecule is CCOC(=O)c1c(NC(=O)[C@@H](CC)c2ccccc2)sc2c1CC[C@@H](C(C)(C)C)C2. The van der Waals surface area contributed by atoms with Crippen LogP contribution in [0.1, 0.15) is 79.7 Å². The van der Waals surface area contributed by atoms with Crippen LogP contribution in [0, 0.1) is 11.3 Å². The number of rotatable bonds is 6. The molecule has 0 spiro atoms. The molecule has 5 heteroatoms. The summed E-state index contributed by atoms with van der Waals surface area (Å²) in [7, 11) is 0. The molecule has 1 amide bonds. The molecular formula is C25H33NO3S. The molecule has 2 atom stereocenters. The minimum atomic E-state index is -0.327. The summed E-state index contributed by atoms with van der Waals surface area (Å²) in [6.45, 7) is 11.0. The molecule has 30 heavy (non-hydrogen) atoms. The van der Waals surface area contributed by atoms with Crippen LogP contribution < -0.4 is 5.32 Å². The van der Waals surface area contributed by atoms with Crippen molar-refractivity contribution < 1.29 is 14.3 Å². The highest BCUT2D eigenvalue weighted by atomic mass is 32.1. The minimum Gasteiger partial charge on any atom is -0.462 e. The van der Waals surface area contributed by atoms with Crippen molar-refractivity contribution in [1.29, 1.82) is 0 Å². The van der Waals surface area contributed by atoms with Gasteiger partial charge < -0.3 is 10.1 Å². The molecule has 162 valence electrons. The molecule has 0 saturated carbocycles. The van der Waals surface area contributed by atoms with E-state index in [9.17, 15) is 9.59 Å². The van der Waals surface area contributed by atoms with Gasteiger partial charge in [-0.1, -0.05) is 58.0 Å². The van der Waals surface area contributed by atoms with Crippen molar-refractivity contribution in [3.05, 3.63) is 51.9 Å². The number of carbonyl (C=O) groups is 2. The smallest absolute Gasteiger partial charge is 0.341 e. The van der Waals surface area contributed by atoms with E-state index in [1.54, 1.807) is 11.3 Å². The number of ether oxygens (including phenoxy) is 1. The molecule has 0 bridgehead atoms. The van der Waals surface area contributed by atoms with E-state index in [1.807, 2.05) is 44.2 Å². The second-order valence-corrected chi connectivity index (χ2v) is 10.2. The van der Waals surface area contributed by atoms with Crippen LogP contribution in [0.3, 0.4) is 0 Å². The molecule has 4 nitrogen and oxygen atoms in total. The van der Waals surface area contributed by atoms with E-state index >= 15 is 0 Å². The highest BCUT2D eigenvalue weighted by Gasteiger charge is 2.35. The lowest BCUT2D eigenvalue weighted by Crippen LogP contribution is -2.26. The molecule has 3 rings (SSSR count). The monoisotopic (exact) mass is 427 g/mol. The van der Waals surface area contributed by atoms with Crippen molar-refractivity contribution in [3.63, 3.8) is 0 Å². The fourth-order valence-corrected chi connectivity index (χ4v) is 5.61. The molecule has 1 aromatic carbocycles. The van der Waals surface area contributed by atoms with Gasteiger partial charge in [-0.15, -0.1) is 11.3 Å². The predicted molar refractivity (Wildman–Crippen MR) is 123 cm³/mol. The van der Waals surface area contributed by atoms with Gasteiger partial charge in [-0.25, -0.2) is 4.79 Å². The van der Waals surface area contributed by atoms with E-state index in [1.165, 1.54) is 4.88 Å². The lowest BCUT2D eigenvalue weighted by atomic mass is 9.72. The number of anilines is 1. The molecule has 0 unspecified atom stereocenters. The maximum absolute atomic E-state index is 13.2. The third kappa shape index (κ3) is 4.77. The zero-order chi connectivity index (χ0) is 21.9. The summed E-state index contributed by atoms with van der Waals surface area (Å²) in [5, 5.41) is 3.73. The predicted octanol–water partition coefficient (Wildman–Crippen LogP) is 6.21. The standard InChI is InChI=1S/C25H33NO3S/c1-6-18(16-11-9-8-10-12-16)22(27)26-23-21(24(28)29-7-2)19-14-13-17(25(3,4)5)15-20(19)30-23/h8-12,17-18H,6-7,13-15H2,1-5H3,(H,26,27)/t17-,18+/m1/s1. The van der Waals surface area contributed by atoms with Gasteiger partial charge in [0, 0.05) is 4.88 Å². The Morgan fingerprint density at radius 1 is 1.20 bits per heavy atom. The fourth-order valence-electron chi connectivity index (χ4n) is 4.29. The molecule has 1 aromatic heterocycles. The van der Waals surface area contributed by atoms with Crippen LogP contribution in [0.15, 0.2) is 30.3 Å². The Labute approximate surface area is 184 Å². The van der Waals surface area contributed by atoms with Gasteiger partial charge in [0.25, 0.3) is 0 Å². The average Bonchev–Trinajstić information content (AvgIpc) is 3.06. The number of nitrogens with one attached hydrogen (secondary N) is 1. The van der Waals surface area contributed by atoms with Gasteiger partial charge in [0.1, 0.15) is 5.00 Å². The van der Waals surface area contributed by atoms with E-state index in [-0.39, 0.29) is 23.2 Å². The zero-order valence-corrected chi connectivity index (χ0v) is 19.5. The van der Waals surface area contributed by atoms with E-state index in [2.05, 4.69) is 26.1 Å². The van der Waals surface area contributed by atoms with Gasteiger partial charge in [0.2, 0.25) is 5.91 Å². The van der Waals surface area contributed by atoms with Crippen molar-refractivity contribution in [2.45, 2.75) is 66.2 Å². The van der Waals surface area contributed by atoms with Gasteiger partial charge in [-0.05, 0) is 55.1 Å². The quantitative estimate of drug-likeness (QED) is 0.558. The summed E-state index contributed by atoms with van der Waals surface area (Å²) >= 11 is 1.55. The first kappa shape index (κ1) is 22.5. The van der Waals surface area contributed by atoms with Crippen molar-refractivity contribution in [1.82, 2.24) is 0 Å². The second-order valence-electron chi connectivity index (χ2n) is 9.09. The molecule has 0 fully saturated rings. The molecule has 2 aromatic rings. The highest BCUT2D eigenvalue weighted by Crippen LogP contribution is 2.44. The van der Waals surface area contributed by atoms with Crippen molar-refractivity contribution in [2.24, 2.45) is 11.3 Å². The number of esters is 1. The van der Waals surface area contributed by atoms with E-state index < -0.39 is 0 Å². The largest absolute Gasteiger partial charge is 0.462 e. The third-order valence-corrected chi connectivity index (χ3v) is 7.30. The first-order valence-electron chi connectivity index (χ1n) is 10.9. The molecule has 1 aliphatic carbocycles. The van der Waals surface area contributed by atoms with Gasteiger partial charge in [0.15, 0.2) is 0 Å². The van der Waals surface area contributed by atoms with Crippen LogP contribution in [0.25, 0.3) is 0 Å². The highest BCUT2D eigenvalue weighted by molar-refractivity contribution is 7.17. The van der Waals surface area contributed by atoms with Crippen molar-refractivity contribution in [2.75, 3.05) is 11.9 Å². The van der Waals surface area contributed by atoms with Crippen LogP contribution in [-0.2, 0) is 22.4 Å². The normalized spacial score (nSPS) is 17.2. The molecule has 1 N–H and O–H groups in total. The van der Waals surface area contributed by atoms with E-state index in [0.29, 0.717) is 29.5 Å². The lowest BCUT2D eigenvalue weighted by molar-refractivity contribution is -0.117. The Kier molecular flexibility index (Phi) is 7.02. The Morgan fingerprint density at radius 2 is 1.90 bits per heavy atom. The average molecular weight is 428 g/mol. The molecule has 1 heterocycles. The van der Waals surface area contributed by atoms with E-state index in [0.717, 1.165) is 30.4 Å². The van der Waals surface area contributed by atoms with Crippen LogP contribution in [0.5, 0.6) is 0 Å². The van der Waals surface area contributed by atoms with Crippen LogP contribution in [-0.4, -0.2) is 18.5 Å². The Hall–Kier alpha value is -2.14.